The molecular weight excluding hydrogens is 156 g/mol. The molecule has 4 nitrogen and oxygen atoms in total. The number of rotatable bonds is 4. The van der Waals surface area contributed by atoms with Crippen LogP contribution < -0.4 is 11.1 Å². The van der Waals surface area contributed by atoms with E-state index in [1.807, 2.05) is 0 Å². The first-order valence-electron chi connectivity index (χ1n) is 3.89. The molecule has 0 radical (unpaired) electrons. The van der Waals surface area contributed by atoms with E-state index in [-0.39, 0.29) is 12.5 Å². The van der Waals surface area contributed by atoms with Gasteiger partial charge in [-0.25, -0.2) is 0 Å². The number of hydrogen-bond acceptors (Lipinski definition) is 3. The standard InChI is InChI=1S/C8H16N2O2/c1-3-4-8(12)7(5-9)10-6(2)11/h3-4,7-8,12H,5,9H2,1-2H3,(H,10,11)/b4-3+/t7-,8+/m0/s1. The van der Waals surface area contributed by atoms with Gasteiger partial charge in [0, 0.05) is 13.5 Å². The quantitative estimate of drug-likeness (QED) is 0.495. The van der Waals surface area contributed by atoms with Crippen LogP contribution >= 0.6 is 0 Å². The van der Waals surface area contributed by atoms with Gasteiger partial charge in [0.25, 0.3) is 0 Å². The molecule has 0 aliphatic carbocycles. The highest BCUT2D eigenvalue weighted by Crippen LogP contribution is 1.93. The number of nitrogens with two attached hydrogens (primary N) is 1. The Kier molecular flexibility index (Phi) is 5.32. The highest BCUT2D eigenvalue weighted by molar-refractivity contribution is 5.73. The van der Waals surface area contributed by atoms with E-state index >= 15 is 0 Å². The second-order valence-corrected chi connectivity index (χ2v) is 2.56. The fourth-order valence-corrected chi connectivity index (χ4v) is 0.876. The highest BCUT2D eigenvalue weighted by Gasteiger charge is 2.14. The van der Waals surface area contributed by atoms with Gasteiger partial charge in [0.05, 0.1) is 12.1 Å². The van der Waals surface area contributed by atoms with Gasteiger partial charge in [0.2, 0.25) is 5.91 Å². The maximum absolute atomic E-state index is 10.6. The van der Waals surface area contributed by atoms with Crippen molar-refractivity contribution in [1.29, 1.82) is 0 Å². The van der Waals surface area contributed by atoms with Crippen molar-refractivity contribution in [2.45, 2.75) is 26.0 Å². The fourth-order valence-electron chi connectivity index (χ4n) is 0.876. The third kappa shape index (κ3) is 4.10. The number of aliphatic hydroxyl groups excluding tert-OH is 1. The molecule has 0 saturated carbocycles. The summed E-state index contributed by atoms with van der Waals surface area (Å²) in [5, 5.41) is 11.9. The van der Waals surface area contributed by atoms with E-state index in [1.54, 1.807) is 19.1 Å². The Balaban J connectivity index is 4.04. The second-order valence-electron chi connectivity index (χ2n) is 2.56. The molecule has 0 aliphatic rings. The van der Waals surface area contributed by atoms with Crippen LogP contribution in [0.4, 0.5) is 0 Å². The zero-order valence-electron chi connectivity index (χ0n) is 7.45. The molecule has 1 amide bonds. The maximum Gasteiger partial charge on any atom is 0.217 e. The zero-order chi connectivity index (χ0) is 9.56. The minimum absolute atomic E-state index is 0.186. The first kappa shape index (κ1) is 11.1. The molecule has 70 valence electrons. The van der Waals surface area contributed by atoms with E-state index in [1.165, 1.54) is 6.92 Å². The van der Waals surface area contributed by atoms with Gasteiger partial charge in [0.1, 0.15) is 0 Å². The van der Waals surface area contributed by atoms with Gasteiger partial charge in [-0.1, -0.05) is 12.2 Å². The van der Waals surface area contributed by atoms with Crippen LogP contribution in [0, 0.1) is 0 Å². The third-order valence-corrected chi connectivity index (χ3v) is 1.44. The van der Waals surface area contributed by atoms with Crippen molar-refractivity contribution >= 4 is 5.91 Å². The predicted octanol–water partition coefficient (Wildman–Crippen LogP) is -0.613. The molecule has 0 spiro atoms. The van der Waals surface area contributed by atoms with Gasteiger partial charge < -0.3 is 16.2 Å². The number of hydrogen-bond donors (Lipinski definition) is 3. The average molecular weight is 172 g/mol. The van der Waals surface area contributed by atoms with E-state index in [2.05, 4.69) is 5.32 Å². The van der Waals surface area contributed by atoms with Crippen molar-refractivity contribution < 1.29 is 9.90 Å². The normalized spacial score (nSPS) is 16.0. The molecule has 0 heterocycles. The van der Waals surface area contributed by atoms with Crippen molar-refractivity contribution in [1.82, 2.24) is 5.32 Å². The summed E-state index contributed by atoms with van der Waals surface area (Å²) >= 11 is 0. The molecule has 12 heavy (non-hydrogen) atoms. The number of carbonyl (C=O) groups is 1. The van der Waals surface area contributed by atoms with Gasteiger partial charge in [-0.05, 0) is 6.92 Å². The summed E-state index contributed by atoms with van der Waals surface area (Å²) < 4.78 is 0. The van der Waals surface area contributed by atoms with Crippen molar-refractivity contribution in [3.8, 4) is 0 Å². The van der Waals surface area contributed by atoms with E-state index < -0.39 is 12.1 Å². The SMILES string of the molecule is C/C=C/[C@@H](O)[C@H](CN)NC(C)=O. The number of aliphatic hydroxyl groups is 1. The van der Waals surface area contributed by atoms with Gasteiger partial charge >= 0.3 is 0 Å². The Morgan fingerprint density at radius 2 is 2.33 bits per heavy atom. The van der Waals surface area contributed by atoms with Crippen LogP contribution in [0.3, 0.4) is 0 Å². The lowest BCUT2D eigenvalue weighted by atomic mass is 10.1. The number of nitrogens with one attached hydrogen (secondary N) is 1. The first-order chi connectivity index (χ1) is 5.61. The average Bonchev–Trinajstić information content (AvgIpc) is 2.00. The lowest BCUT2D eigenvalue weighted by Crippen LogP contribution is -2.46. The molecule has 0 unspecified atom stereocenters. The van der Waals surface area contributed by atoms with Crippen LogP contribution in [0.2, 0.25) is 0 Å². The van der Waals surface area contributed by atoms with Gasteiger partial charge in [-0.3, -0.25) is 4.79 Å². The molecular formula is C8H16N2O2. The largest absolute Gasteiger partial charge is 0.387 e. The molecule has 0 aromatic heterocycles. The van der Waals surface area contributed by atoms with E-state index in [0.717, 1.165) is 0 Å². The number of amides is 1. The minimum atomic E-state index is -0.705. The van der Waals surface area contributed by atoms with Crippen LogP contribution in [-0.2, 0) is 4.79 Å². The molecule has 0 aromatic rings. The van der Waals surface area contributed by atoms with Crippen LogP contribution in [0.15, 0.2) is 12.2 Å². The molecule has 0 fully saturated rings. The molecule has 0 saturated heterocycles. The minimum Gasteiger partial charge on any atom is -0.387 e. The van der Waals surface area contributed by atoms with E-state index in [4.69, 9.17) is 5.73 Å². The third-order valence-electron chi connectivity index (χ3n) is 1.44. The summed E-state index contributed by atoms with van der Waals surface area (Å²) in [6.07, 6.45) is 2.60. The Hall–Kier alpha value is -0.870. The number of carbonyl (C=O) groups excluding carboxylic acids is 1. The van der Waals surface area contributed by atoms with E-state index in [9.17, 15) is 9.90 Å². The fraction of sp³-hybridized carbons (Fsp3) is 0.625. The maximum atomic E-state index is 10.6. The van der Waals surface area contributed by atoms with Gasteiger partial charge in [-0.2, -0.15) is 0 Å². The molecule has 0 aliphatic heterocycles. The lowest BCUT2D eigenvalue weighted by molar-refractivity contribution is -0.120. The molecule has 4 N–H and O–H groups in total. The zero-order valence-corrected chi connectivity index (χ0v) is 7.45. The highest BCUT2D eigenvalue weighted by atomic mass is 16.3. The topological polar surface area (TPSA) is 75.3 Å². The van der Waals surface area contributed by atoms with Crippen LogP contribution in [0.5, 0.6) is 0 Å². The van der Waals surface area contributed by atoms with Crippen molar-refractivity contribution in [2.75, 3.05) is 6.54 Å². The smallest absolute Gasteiger partial charge is 0.217 e. The Labute approximate surface area is 72.4 Å². The summed E-state index contributed by atoms with van der Waals surface area (Å²) in [6.45, 7) is 3.42. The molecule has 0 aromatic carbocycles. The summed E-state index contributed by atoms with van der Waals surface area (Å²) in [6, 6.07) is -0.390. The van der Waals surface area contributed by atoms with Crippen LogP contribution in [0.25, 0.3) is 0 Å². The predicted molar refractivity (Wildman–Crippen MR) is 47.5 cm³/mol. The molecule has 0 rings (SSSR count). The molecule has 2 atom stereocenters. The Morgan fingerprint density at radius 1 is 1.75 bits per heavy atom. The molecule has 4 heteroatoms. The van der Waals surface area contributed by atoms with Gasteiger partial charge in [0.15, 0.2) is 0 Å². The summed E-state index contributed by atoms with van der Waals surface area (Å²) in [5.41, 5.74) is 5.34. The monoisotopic (exact) mass is 172 g/mol. The second kappa shape index (κ2) is 5.74. The first-order valence-corrected chi connectivity index (χ1v) is 3.89. The van der Waals surface area contributed by atoms with Crippen molar-refractivity contribution in [3.05, 3.63) is 12.2 Å². The number of allylic oxidation sites excluding steroid dienone is 1. The van der Waals surface area contributed by atoms with Crippen molar-refractivity contribution in [2.24, 2.45) is 5.73 Å². The van der Waals surface area contributed by atoms with Crippen molar-refractivity contribution in [3.63, 3.8) is 0 Å². The summed E-state index contributed by atoms with van der Waals surface area (Å²) in [5.74, 6) is -0.186. The van der Waals surface area contributed by atoms with Gasteiger partial charge in [-0.15, -0.1) is 0 Å². The summed E-state index contributed by atoms with van der Waals surface area (Å²) in [7, 11) is 0. The van der Waals surface area contributed by atoms with Crippen LogP contribution in [-0.4, -0.2) is 29.7 Å². The Morgan fingerprint density at radius 3 is 2.67 bits per heavy atom. The Bertz CT molecular complexity index is 168. The van der Waals surface area contributed by atoms with E-state index in [0.29, 0.717) is 0 Å². The lowest BCUT2D eigenvalue weighted by Gasteiger charge is -2.18. The molecule has 0 bridgehead atoms. The summed E-state index contributed by atoms with van der Waals surface area (Å²) in [4.78, 5) is 10.6. The van der Waals surface area contributed by atoms with Crippen LogP contribution in [0.1, 0.15) is 13.8 Å².